The van der Waals surface area contributed by atoms with Crippen LogP contribution in [0.4, 0.5) is 0 Å². The second-order valence-electron chi connectivity index (χ2n) is 8.16. The molecular formula is C19H31BN2O3. The van der Waals surface area contributed by atoms with Gasteiger partial charge < -0.3 is 19.5 Å². The van der Waals surface area contributed by atoms with Crippen LogP contribution in [0.25, 0.3) is 0 Å². The van der Waals surface area contributed by atoms with Gasteiger partial charge >= 0.3 is 7.12 Å². The summed E-state index contributed by atoms with van der Waals surface area (Å²) in [7, 11) is 3.51. The molecule has 0 radical (unpaired) electrons. The Morgan fingerprint density at radius 3 is 2.20 bits per heavy atom. The van der Waals surface area contributed by atoms with Crippen LogP contribution >= 0.6 is 0 Å². The van der Waals surface area contributed by atoms with Crippen molar-refractivity contribution in [2.45, 2.75) is 52.7 Å². The highest BCUT2D eigenvalue weighted by molar-refractivity contribution is 6.62. The third-order valence-electron chi connectivity index (χ3n) is 5.30. The van der Waals surface area contributed by atoms with Crippen molar-refractivity contribution in [2.24, 2.45) is 0 Å². The van der Waals surface area contributed by atoms with E-state index in [1.165, 1.54) is 0 Å². The number of aryl methyl sites for hydroxylation is 1. The summed E-state index contributed by atoms with van der Waals surface area (Å²) in [5.74, 6) is -0.0548. The van der Waals surface area contributed by atoms with Crippen molar-refractivity contribution >= 4 is 18.5 Å². The molecule has 1 saturated heterocycles. The number of nitrogens with zero attached hydrogens (tertiary/aromatic N) is 1. The zero-order valence-electron chi connectivity index (χ0n) is 16.8. The molecular weight excluding hydrogens is 315 g/mol. The third-order valence-corrected chi connectivity index (χ3v) is 5.30. The lowest BCUT2D eigenvalue weighted by atomic mass is 9.76. The van der Waals surface area contributed by atoms with Crippen molar-refractivity contribution in [1.82, 2.24) is 10.2 Å². The predicted molar refractivity (Wildman–Crippen MR) is 103 cm³/mol. The van der Waals surface area contributed by atoms with Crippen LogP contribution in [0.5, 0.6) is 0 Å². The van der Waals surface area contributed by atoms with Crippen LogP contribution in [0.1, 0.15) is 49.2 Å². The van der Waals surface area contributed by atoms with E-state index in [0.717, 1.165) is 23.1 Å². The number of nitrogens with one attached hydrogen (secondary N) is 1. The number of amides is 1. The maximum Gasteiger partial charge on any atom is 0.494 e. The highest BCUT2D eigenvalue weighted by atomic mass is 16.7. The zero-order chi connectivity index (χ0) is 19.0. The first kappa shape index (κ1) is 20.0. The van der Waals surface area contributed by atoms with Crippen molar-refractivity contribution in [3.8, 4) is 0 Å². The fourth-order valence-corrected chi connectivity index (χ4v) is 2.73. The summed E-state index contributed by atoms with van der Waals surface area (Å²) < 4.78 is 12.3. The summed E-state index contributed by atoms with van der Waals surface area (Å²) in [6.45, 7) is 13.5. The minimum atomic E-state index is -0.461. The van der Waals surface area contributed by atoms with Gasteiger partial charge in [-0.25, -0.2) is 0 Å². The summed E-state index contributed by atoms with van der Waals surface area (Å²) in [5, 5.41) is 2.99. The van der Waals surface area contributed by atoms with Gasteiger partial charge in [-0.2, -0.15) is 0 Å². The number of hydrogen-bond donors (Lipinski definition) is 1. The van der Waals surface area contributed by atoms with Gasteiger partial charge in [-0.3, -0.25) is 4.79 Å². The normalized spacial score (nSPS) is 18.7. The molecule has 0 unspecified atom stereocenters. The first-order valence-corrected chi connectivity index (χ1v) is 8.84. The molecule has 1 N–H and O–H groups in total. The zero-order valence-corrected chi connectivity index (χ0v) is 16.8. The highest BCUT2D eigenvalue weighted by Gasteiger charge is 2.51. The second-order valence-corrected chi connectivity index (χ2v) is 8.16. The van der Waals surface area contributed by atoms with Crippen LogP contribution in [0.15, 0.2) is 12.1 Å². The lowest BCUT2D eigenvalue weighted by molar-refractivity contribution is 0.00578. The van der Waals surface area contributed by atoms with Crippen LogP contribution in [0.3, 0.4) is 0 Å². The maximum atomic E-state index is 12.6. The minimum absolute atomic E-state index is 0.0548. The van der Waals surface area contributed by atoms with E-state index in [1.54, 1.807) is 0 Å². The topological polar surface area (TPSA) is 50.8 Å². The van der Waals surface area contributed by atoms with Crippen molar-refractivity contribution in [3.05, 3.63) is 28.8 Å². The molecule has 1 aliphatic rings. The van der Waals surface area contributed by atoms with Crippen LogP contribution in [0, 0.1) is 13.8 Å². The van der Waals surface area contributed by atoms with E-state index in [9.17, 15) is 4.79 Å². The smallest absolute Gasteiger partial charge is 0.399 e. The van der Waals surface area contributed by atoms with E-state index in [-0.39, 0.29) is 5.91 Å². The van der Waals surface area contributed by atoms with E-state index in [0.29, 0.717) is 12.1 Å². The Bertz CT molecular complexity index is 640. The van der Waals surface area contributed by atoms with Crippen LogP contribution in [0.2, 0.25) is 0 Å². The van der Waals surface area contributed by atoms with E-state index < -0.39 is 18.3 Å². The monoisotopic (exact) mass is 346 g/mol. The first-order chi connectivity index (χ1) is 11.4. The molecule has 138 valence electrons. The molecule has 1 aromatic carbocycles. The molecule has 0 spiro atoms. The van der Waals surface area contributed by atoms with Gasteiger partial charge in [0.15, 0.2) is 0 Å². The van der Waals surface area contributed by atoms with Gasteiger partial charge in [0.2, 0.25) is 0 Å². The summed E-state index contributed by atoms with van der Waals surface area (Å²) in [4.78, 5) is 14.7. The molecule has 0 atom stereocenters. The van der Waals surface area contributed by atoms with Gasteiger partial charge in [0.1, 0.15) is 0 Å². The Labute approximate surface area is 152 Å². The summed E-state index contributed by atoms with van der Waals surface area (Å²) in [5.41, 5.74) is 2.82. The van der Waals surface area contributed by atoms with Crippen molar-refractivity contribution in [3.63, 3.8) is 0 Å². The number of carbonyl (C=O) groups is 1. The second kappa shape index (κ2) is 7.10. The molecule has 1 heterocycles. The van der Waals surface area contributed by atoms with Crippen molar-refractivity contribution < 1.29 is 14.1 Å². The molecule has 2 rings (SSSR count). The lowest BCUT2D eigenvalue weighted by Crippen LogP contribution is -2.41. The van der Waals surface area contributed by atoms with Crippen LogP contribution < -0.4 is 10.8 Å². The Morgan fingerprint density at radius 1 is 1.12 bits per heavy atom. The fraction of sp³-hybridized carbons (Fsp3) is 0.632. The van der Waals surface area contributed by atoms with Gasteiger partial charge in [0, 0.05) is 18.7 Å². The summed E-state index contributed by atoms with van der Waals surface area (Å²) in [6.07, 6.45) is 0. The standard InChI is InChI=1S/C19H31BN2O3/c1-13-11-15(20-24-18(3,4)19(5,6)25-20)12-16(14(13)2)17(23)21-9-10-22(7)8/h11-12H,9-10H2,1-8H3,(H,21,23). The van der Waals surface area contributed by atoms with Gasteiger partial charge in [-0.15, -0.1) is 0 Å². The van der Waals surface area contributed by atoms with E-state index in [4.69, 9.17) is 9.31 Å². The van der Waals surface area contributed by atoms with Crippen LogP contribution in [-0.4, -0.2) is 56.3 Å². The predicted octanol–water partition coefficient (Wildman–Crippen LogP) is 1.89. The highest BCUT2D eigenvalue weighted by Crippen LogP contribution is 2.36. The molecule has 0 saturated carbocycles. The number of rotatable bonds is 5. The Balaban J connectivity index is 2.25. The van der Waals surface area contributed by atoms with Gasteiger partial charge in [-0.1, -0.05) is 6.07 Å². The molecule has 0 aliphatic carbocycles. The van der Waals surface area contributed by atoms with E-state index in [1.807, 2.05) is 72.7 Å². The molecule has 5 nitrogen and oxygen atoms in total. The number of likely N-dealkylation sites (N-methyl/N-ethyl adjacent to an activating group) is 1. The quantitative estimate of drug-likeness (QED) is 0.828. The number of benzene rings is 1. The van der Waals surface area contributed by atoms with Gasteiger partial charge in [0.25, 0.3) is 5.91 Å². The molecule has 0 bridgehead atoms. The van der Waals surface area contributed by atoms with Crippen molar-refractivity contribution in [2.75, 3.05) is 27.2 Å². The minimum Gasteiger partial charge on any atom is -0.399 e. The largest absolute Gasteiger partial charge is 0.494 e. The van der Waals surface area contributed by atoms with Gasteiger partial charge in [-0.05, 0) is 78.3 Å². The summed E-state index contributed by atoms with van der Waals surface area (Å²) in [6, 6.07) is 3.95. The molecule has 1 aliphatic heterocycles. The Hall–Kier alpha value is -1.37. The van der Waals surface area contributed by atoms with E-state index in [2.05, 4.69) is 5.32 Å². The average molecular weight is 346 g/mol. The summed E-state index contributed by atoms with van der Waals surface area (Å²) >= 11 is 0. The average Bonchev–Trinajstić information content (AvgIpc) is 2.69. The fourth-order valence-electron chi connectivity index (χ4n) is 2.73. The molecule has 1 fully saturated rings. The lowest BCUT2D eigenvalue weighted by Gasteiger charge is -2.32. The van der Waals surface area contributed by atoms with Gasteiger partial charge in [0.05, 0.1) is 11.2 Å². The molecule has 1 aromatic rings. The third kappa shape index (κ3) is 4.25. The number of hydrogen-bond acceptors (Lipinski definition) is 4. The molecule has 1 amide bonds. The Kier molecular flexibility index (Phi) is 5.67. The first-order valence-electron chi connectivity index (χ1n) is 8.84. The van der Waals surface area contributed by atoms with Crippen LogP contribution in [-0.2, 0) is 9.31 Å². The van der Waals surface area contributed by atoms with Crippen molar-refractivity contribution in [1.29, 1.82) is 0 Å². The SMILES string of the molecule is Cc1cc(B2OC(C)(C)C(C)(C)O2)cc(C(=O)NCCN(C)C)c1C. The molecule has 25 heavy (non-hydrogen) atoms. The number of carbonyl (C=O) groups excluding carboxylic acids is 1. The molecule has 0 aromatic heterocycles. The molecule has 6 heteroatoms. The maximum absolute atomic E-state index is 12.6. The Morgan fingerprint density at radius 2 is 1.68 bits per heavy atom. The van der Waals surface area contributed by atoms with E-state index >= 15 is 0 Å².